The van der Waals surface area contributed by atoms with Crippen LogP contribution >= 0.6 is 11.8 Å². The average Bonchev–Trinajstić information content (AvgIpc) is 2.59. The normalized spacial score (nSPS) is 10.3. The van der Waals surface area contributed by atoms with Crippen molar-refractivity contribution < 1.29 is 19.1 Å². The summed E-state index contributed by atoms with van der Waals surface area (Å²) in [4.78, 5) is 24.8. The van der Waals surface area contributed by atoms with Gasteiger partial charge in [-0.3, -0.25) is 4.79 Å². The summed E-state index contributed by atoms with van der Waals surface area (Å²) < 4.78 is 10.6. The van der Waals surface area contributed by atoms with Crippen LogP contribution in [-0.2, 0) is 14.3 Å². The second-order valence-corrected chi connectivity index (χ2v) is 6.77. The Kier molecular flexibility index (Phi) is 7.09. The number of hydrogen-bond donors (Lipinski definition) is 1. The van der Waals surface area contributed by atoms with Crippen molar-refractivity contribution >= 4 is 29.3 Å². The van der Waals surface area contributed by atoms with Crippen LogP contribution < -0.4 is 10.1 Å². The van der Waals surface area contributed by atoms with Crippen LogP contribution in [0.25, 0.3) is 0 Å². The molecule has 6 heteroatoms. The van der Waals surface area contributed by atoms with Crippen molar-refractivity contribution in [1.82, 2.24) is 0 Å². The van der Waals surface area contributed by atoms with Crippen molar-refractivity contribution in [3.05, 3.63) is 53.1 Å². The maximum absolute atomic E-state index is 12.0. The summed E-state index contributed by atoms with van der Waals surface area (Å²) in [7, 11) is 0. The summed E-state index contributed by atoms with van der Waals surface area (Å²) in [5, 5.41) is 2.74. The smallest absolute Gasteiger partial charge is 0.344 e. The first-order valence-electron chi connectivity index (χ1n) is 8.20. The van der Waals surface area contributed by atoms with Crippen molar-refractivity contribution in [2.24, 2.45) is 0 Å². The molecule has 0 radical (unpaired) electrons. The van der Waals surface area contributed by atoms with Gasteiger partial charge in [0, 0.05) is 4.90 Å². The number of rotatable bonds is 7. The lowest BCUT2D eigenvalue weighted by Crippen LogP contribution is -2.24. The molecule has 0 heterocycles. The number of thioether (sulfide) groups is 1. The van der Waals surface area contributed by atoms with E-state index in [0.717, 1.165) is 21.6 Å². The number of amides is 1. The fourth-order valence-corrected chi connectivity index (χ4v) is 3.20. The summed E-state index contributed by atoms with van der Waals surface area (Å²) in [5.41, 5.74) is 3.75. The topological polar surface area (TPSA) is 64.6 Å². The summed E-state index contributed by atoms with van der Waals surface area (Å²) in [6.07, 6.45) is 1.93. The largest absolute Gasteiger partial charge is 0.481 e. The predicted octanol–water partition coefficient (Wildman–Crippen LogP) is 3.89. The highest BCUT2D eigenvalue weighted by molar-refractivity contribution is 7.98. The van der Waals surface area contributed by atoms with Gasteiger partial charge >= 0.3 is 5.97 Å². The van der Waals surface area contributed by atoms with E-state index in [1.165, 1.54) is 11.8 Å². The molecule has 0 aromatic heterocycles. The molecule has 0 unspecified atom stereocenters. The molecule has 5 nitrogen and oxygen atoms in total. The molecular weight excluding hydrogens is 350 g/mol. The zero-order valence-electron chi connectivity index (χ0n) is 15.4. The van der Waals surface area contributed by atoms with Crippen LogP contribution in [-0.4, -0.2) is 31.3 Å². The van der Waals surface area contributed by atoms with Crippen LogP contribution in [0.4, 0.5) is 5.69 Å². The lowest BCUT2D eigenvalue weighted by atomic mass is 10.1. The van der Waals surface area contributed by atoms with E-state index in [9.17, 15) is 9.59 Å². The van der Waals surface area contributed by atoms with E-state index in [1.807, 2.05) is 57.4 Å². The van der Waals surface area contributed by atoms with Gasteiger partial charge < -0.3 is 14.8 Å². The Labute approximate surface area is 158 Å². The van der Waals surface area contributed by atoms with Gasteiger partial charge in [0.2, 0.25) is 0 Å². The average molecular weight is 373 g/mol. The molecular formula is C20H23NO4S. The molecule has 0 saturated heterocycles. The van der Waals surface area contributed by atoms with Crippen molar-refractivity contribution in [3.8, 4) is 5.75 Å². The minimum absolute atomic E-state index is 0.237. The summed E-state index contributed by atoms with van der Waals surface area (Å²) in [6.45, 7) is 5.27. The van der Waals surface area contributed by atoms with Gasteiger partial charge in [-0.05, 0) is 50.3 Å². The molecule has 0 bridgehead atoms. The van der Waals surface area contributed by atoms with Crippen LogP contribution in [0, 0.1) is 20.8 Å². The maximum atomic E-state index is 12.0. The van der Waals surface area contributed by atoms with Gasteiger partial charge in [-0.25, -0.2) is 4.79 Å². The minimum atomic E-state index is -0.585. The number of hydrogen-bond acceptors (Lipinski definition) is 5. The molecule has 0 saturated carbocycles. The number of benzene rings is 2. The van der Waals surface area contributed by atoms with Crippen LogP contribution in [0.15, 0.2) is 41.3 Å². The number of carbonyl (C=O) groups excluding carboxylic acids is 2. The number of aryl methyl sites for hydroxylation is 3. The van der Waals surface area contributed by atoms with E-state index < -0.39 is 5.97 Å². The molecule has 138 valence electrons. The van der Waals surface area contributed by atoms with E-state index in [2.05, 4.69) is 5.32 Å². The third-order valence-corrected chi connectivity index (χ3v) is 4.48. The second kappa shape index (κ2) is 9.29. The fourth-order valence-electron chi connectivity index (χ4n) is 2.65. The molecule has 0 atom stereocenters. The third-order valence-electron chi connectivity index (χ3n) is 3.68. The van der Waals surface area contributed by atoms with Crippen molar-refractivity contribution in [1.29, 1.82) is 0 Å². The SMILES string of the molecule is CSc1ccccc1NC(=O)COC(=O)COc1c(C)cc(C)cc1C. The molecule has 0 fully saturated rings. The molecule has 1 amide bonds. The first kappa shape index (κ1) is 19.8. The zero-order chi connectivity index (χ0) is 19.1. The molecule has 2 aromatic carbocycles. The van der Waals surface area contributed by atoms with E-state index in [-0.39, 0.29) is 19.1 Å². The number of para-hydroxylation sites is 1. The molecule has 0 aliphatic heterocycles. The molecule has 2 aromatic rings. The fraction of sp³-hybridized carbons (Fsp3) is 0.300. The Morgan fingerprint density at radius 2 is 1.69 bits per heavy atom. The van der Waals surface area contributed by atoms with Gasteiger partial charge in [-0.2, -0.15) is 0 Å². The van der Waals surface area contributed by atoms with Gasteiger partial charge in [0.25, 0.3) is 5.91 Å². The van der Waals surface area contributed by atoms with Crippen molar-refractivity contribution in [3.63, 3.8) is 0 Å². The Balaban J connectivity index is 1.82. The third kappa shape index (κ3) is 5.52. The van der Waals surface area contributed by atoms with E-state index in [0.29, 0.717) is 11.4 Å². The summed E-state index contributed by atoms with van der Waals surface area (Å²) in [6, 6.07) is 11.4. The summed E-state index contributed by atoms with van der Waals surface area (Å²) >= 11 is 1.53. The van der Waals surface area contributed by atoms with E-state index >= 15 is 0 Å². The number of esters is 1. The van der Waals surface area contributed by atoms with Crippen LogP contribution in [0.5, 0.6) is 5.75 Å². The second-order valence-electron chi connectivity index (χ2n) is 5.93. The van der Waals surface area contributed by atoms with Gasteiger partial charge in [0.15, 0.2) is 13.2 Å². The molecule has 1 N–H and O–H groups in total. The number of ether oxygens (including phenoxy) is 2. The highest BCUT2D eigenvalue weighted by atomic mass is 32.2. The predicted molar refractivity (Wildman–Crippen MR) is 104 cm³/mol. The number of nitrogens with one attached hydrogen (secondary N) is 1. The Bertz CT molecular complexity index is 781. The first-order chi connectivity index (χ1) is 12.4. The van der Waals surface area contributed by atoms with E-state index in [1.54, 1.807) is 6.07 Å². The standard InChI is InChI=1S/C20H23NO4S/c1-13-9-14(2)20(15(3)10-13)25-12-19(23)24-11-18(22)21-16-7-5-6-8-17(16)26-4/h5-10H,11-12H2,1-4H3,(H,21,22). The molecule has 0 spiro atoms. The Morgan fingerprint density at radius 1 is 1.04 bits per heavy atom. The van der Waals surface area contributed by atoms with Crippen LogP contribution in [0.3, 0.4) is 0 Å². The van der Waals surface area contributed by atoms with Gasteiger partial charge in [-0.1, -0.05) is 29.8 Å². The van der Waals surface area contributed by atoms with Gasteiger partial charge in [0.1, 0.15) is 5.75 Å². The van der Waals surface area contributed by atoms with E-state index in [4.69, 9.17) is 9.47 Å². The van der Waals surface area contributed by atoms with Gasteiger partial charge in [-0.15, -0.1) is 11.8 Å². The molecule has 0 aliphatic carbocycles. The quantitative estimate of drug-likeness (QED) is 0.589. The molecule has 0 aliphatic rings. The van der Waals surface area contributed by atoms with Crippen LogP contribution in [0.2, 0.25) is 0 Å². The van der Waals surface area contributed by atoms with Crippen molar-refractivity contribution in [2.75, 3.05) is 24.8 Å². The number of carbonyl (C=O) groups is 2. The molecule has 26 heavy (non-hydrogen) atoms. The zero-order valence-corrected chi connectivity index (χ0v) is 16.2. The lowest BCUT2D eigenvalue weighted by Gasteiger charge is -2.13. The Morgan fingerprint density at radius 3 is 2.35 bits per heavy atom. The molecule has 2 rings (SSSR count). The highest BCUT2D eigenvalue weighted by Gasteiger charge is 2.12. The van der Waals surface area contributed by atoms with Gasteiger partial charge in [0.05, 0.1) is 5.69 Å². The first-order valence-corrected chi connectivity index (χ1v) is 9.42. The maximum Gasteiger partial charge on any atom is 0.344 e. The minimum Gasteiger partial charge on any atom is -0.481 e. The Hall–Kier alpha value is -2.47. The highest BCUT2D eigenvalue weighted by Crippen LogP contribution is 2.25. The van der Waals surface area contributed by atoms with Crippen LogP contribution in [0.1, 0.15) is 16.7 Å². The number of anilines is 1. The van der Waals surface area contributed by atoms with Crippen molar-refractivity contribution in [2.45, 2.75) is 25.7 Å². The monoisotopic (exact) mass is 373 g/mol. The lowest BCUT2D eigenvalue weighted by molar-refractivity contribution is -0.149. The summed E-state index contributed by atoms with van der Waals surface area (Å²) in [5.74, 6) is -0.300.